The average Bonchev–Trinajstić information content (AvgIpc) is 3.01. The van der Waals surface area contributed by atoms with Gasteiger partial charge in [0.1, 0.15) is 5.25 Å². The van der Waals surface area contributed by atoms with E-state index in [1.807, 2.05) is 66.2 Å². The molecule has 0 spiro atoms. The van der Waals surface area contributed by atoms with E-state index in [1.54, 1.807) is 6.20 Å². The summed E-state index contributed by atoms with van der Waals surface area (Å²) in [5.41, 5.74) is 8.66. The summed E-state index contributed by atoms with van der Waals surface area (Å²) in [5.74, 6) is -0.375. The number of nitrogens with two attached hydrogens (primary N) is 1. The van der Waals surface area contributed by atoms with E-state index in [4.69, 9.17) is 5.73 Å². The average molecular weight is 323 g/mol. The van der Waals surface area contributed by atoms with Gasteiger partial charge in [-0.1, -0.05) is 54.2 Å². The highest BCUT2D eigenvalue weighted by atomic mass is 32.2. The van der Waals surface area contributed by atoms with Crippen LogP contribution in [0.2, 0.25) is 0 Å². The molecule has 0 saturated carbocycles. The minimum Gasteiger partial charge on any atom is -0.368 e. The molecular weight excluding hydrogens is 306 g/mol. The molecule has 0 bridgehead atoms. The number of imidazole rings is 1. The first kappa shape index (κ1) is 15.4. The first-order valence-electron chi connectivity index (χ1n) is 7.26. The van der Waals surface area contributed by atoms with E-state index in [0.717, 1.165) is 16.4 Å². The van der Waals surface area contributed by atoms with Crippen LogP contribution in [0.4, 0.5) is 0 Å². The summed E-state index contributed by atoms with van der Waals surface area (Å²) < 4.78 is 1.97. The SMILES string of the molecule is Cc1cccc(-n2ccnc2SC(C(N)=O)c2ccccc2)c1. The lowest BCUT2D eigenvalue weighted by Gasteiger charge is -2.14. The number of carbonyl (C=O) groups excluding carboxylic acids is 1. The summed E-state index contributed by atoms with van der Waals surface area (Å²) in [5, 5.41) is 0.269. The van der Waals surface area contributed by atoms with Crippen molar-refractivity contribution >= 4 is 17.7 Å². The number of thioether (sulfide) groups is 1. The van der Waals surface area contributed by atoms with Crippen molar-refractivity contribution in [3.63, 3.8) is 0 Å². The van der Waals surface area contributed by atoms with E-state index in [-0.39, 0.29) is 5.91 Å². The number of aromatic nitrogens is 2. The molecule has 2 aromatic carbocycles. The summed E-state index contributed by atoms with van der Waals surface area (Å²) in [7, 11) is 0. The lowest BCUT2D eigenvalue weighted by molar-refractivity contribution is -0.117. The molecule has 3 rings (SSSR count). The number of hydrogen-bond acceptors (Lipinski definition) is 3. The molecule has 0 aliphatic carbocycles. The van der Waals surface area contributed by atoms with Crippen molar-refractivity contribution in [2.75, 3.05) is 0 Å². The fourth-order valence-corrected chi connectivity index (χ4v) is 3.40. The summed E-state index contributed by atoms with van der Waals surface area (Å²) in [4.78, 5) is 16.3. The van der Waals surface area contributed by atoms with Crippen LogP contribution in [0, 0.1) is 6.92 Å². The molecular formula is C18H17N3OS. The molecule has 0 saturated heterocycles. The van der Waals surface area contributed by atoms with Crippen LogP contribution in [0.1, 0.15) is 16.4 Å². The molecule has 116 valence electrons. The molecule has 0 aliphatic heterocycles. The van der Waals surface area contributed by atoms with Gasteiger partial charge in [0.2, 0.25) is 5.91 Å². The van der Waals surface area contributed by atoms with Crippen molar-refractivity contribution in [1.29, 1.82) is 0 Å². The standard InChI is InChI=1S/C18H17N3OS/c1-13-6-5-9-15(12-13)21-11-10-20-18(21)23-16(17(19)22)14-7-3-2-4-8-14/h2-12,16H,1H3,(H2,19,22). The predicted molar refractivity (Wildman–Crippen MR) is 92.5 cm³/mol. The van der Waals surface area contributed by atoms with Gasteiger partial charge in [-0.05, 0) is 30.2 Å². The Morgan fingerprint density at radius 1 is 1.17 bits per heavy atom. The predicted octanol–water partition coefficient (Wildman–Crippen LogP) is 3.50. The Balaban J connectivity index is 1.94. The highest BCUT2D eigenvalue weighted by Crippen LogP contribution is 2.35. The van der Waals surface area contributed by atoms with Crippen LogP contribution in [0.15, 0.2) is 72.1 Å². The monoisotopic (exact) mass is 323 g/mol. The minimum absolute atomic E-state index is 0.375. The molecule has 1 unspecified atom stereocenters. The van der Waals surface area contributed by atoms with E-state index in [9.17, 15) is 4.79 Å². The van der Waals surface area contributed by atoms with Gasteiger partial charge in [0.25, 0.3) is 0 Å². The van der Waals surface area contributed by atoms with Crippen LogP contribution in [-0.4, -0.2) is 15.5 Å². The molecule has 1 aromatic heterocycles. The largest absolute Gasteiger partial charge is 0.368 e. The zero-order chi connectivity index (χ0) is 16.2. The molecule has 3 aromatic rings. The highest BCUT2D eigenvalue weighted by molar-refractivity contribution is 8.00. The van der Waals surface area contributed by atoms with Crippen LogP contribution >= 0.6 is 11.8 Å². The Kier molecular flexibility index (Phi) is 4.48. The molecule has 5 heteroatoms. The summed E-state index contributed by atoms with van der Waals surface area (Å²) in [6.45, 7) is 2.05. The molecule has 0 fully saturated rings. The van der Waals surface area contributed by atoms with Crippen molar-refractivity contribution in [2.45, 2.75) is 17.3 Å². The van der Waals surface area contributed by atoms with E-state index < -0.39 is 5.25 Å². The number of hydrogen-bond donors (Lipinski definition) is 1. The number of nitrogens with zero attached hydrogens (tertiary/aromatic N) is 2. The van der Waals surface area contributed by atoms with Crippen molar-refractivity contribution in [3.05, 3.63) is 78.1 Å². The van der Waals surface area contributed by atoms with Gasteiger partial charge in [0.05, 0.1) is 0 Å². The van der Waals surface area contributed by atoms with Crippen LogP contribution in [-0.2, 0) is 4.79 Å². The van der Waals surface area contributed by atoms with Crippen molar-refractivity contribution in [1.82, 2.24) is 9.55 Å². The van der Waals surface area contributed by atoms with E-state index in [2.05, 4.69) is 11.1 Å². The van der Waals surface area contributed by atoms with Crippen LogP contribution in [0.25, 0.3) is 5.69 Å². The zero-order valence-corrected chi connectivity index (χ0v) is 13.5. The molecule has 1 heterocycles. The molecule has 1 atom stereocenters. The number of rotatable bonds is 5. The summed E-state index contributed by atoms with van der Waals surface area (Å²) in [6.07, 6.45) is 3.62. The Bertz CT molecular complexity index is 814. The zero-order valence-electron chi connectivity index (χ0n) is 12.7. The van der Waals surface area contributed by atoms with Crippen LogP contribution in [0.3, 0.4) is 0 Å². The van der Waals surface area contributed by atoms with Gasteiger partial charge in [0, 0.05) is 18.1 Å². The first-order valence-corrected chi connectivity index (χ1v) is 8.14. The Labute approximate surface area is 139 Å². The fraction of sp³-hybridized carbons (Fsp3) is 0.111. The summed E-state index contributed by atoms with van der Waals surface area (Å²) >= 11 is 1.36. The molecule has 23 heavy (non-hydrogen) atoms. The maximum atomic E-state index is 11.9. The van der Waals surface area contributed by atoms with Gasteiger partial charge in [-0.3, -0.25) is 9.36 Å². The van der Waals surface area contributed by atoms with Crippen molar-refractivity contribution < 1.29 is 4.79 Å². The number of aryl methyl sites for hydroxylation is 1. The van der Waals surface area contributed by atoms with Gasteiger partial charge in [-0.25, -0.2) is 4.98 Å². The second-order valence-corrected chi connectivity index (χ2v) is 6.30. The number of amides is 1. The van der Waals surface area contributed by atoms with Crippen molar-refractivity contribution in [3.8, 4) is 5.69 Å². The minimum atomic E-state index is -0.470. The summed E-state index contributed by atoms with van der Waals surface area (Å²) in [6, 6.07) is 17.7. The topological polar surface area (TPSA) is 60.9 Å². The maximum absolute atomic E-state index is 11.9. The lowest BCUT2D eigenvalue weighted by Crippen LogP contribution is -2.19. The molecule has 0 aliphatic rings. The number of carbonyl (C=O) groups is 1. The Hall–Kier alpha value is -2.53. The first-order chi connectivity index (χ1) is 11.1. The quantitative estimate of drug-likeness (QED) is 0.731. The molecule has 2 N–H and O–H groups in total. The third-order valence-corrected chi connectivity index (χ3v) is 4.72. The third-order valence-electron chi connectivity index (χ3n) is 3.47. The Morgan fingerprint density at radius 3 is 2.65 bits per heavy atom. The van der Waals surface area contributed by atoms with Gasteiger partial charge < -0.3 is 5.73 Å². The van der Waals surface area contributed by atoms with Gasteiger partial charge >= 0.3 is 0 Å². The number of benzene rings is 2. The van der Waals surface area contributed by atoms with E-state index in [1.165, 1.54) is 17.3 Å². The molecule has 0 radical (unpaired) electrons. The molecule has 4 nitrogen and oxygen atoms in total. The van der Waals surface area contributed by atoms with Gasteiger partial charge in [0.15, 0.2) is 5.16 Å². The number of primary amides is 1. The van der Waals surface area contributed by atoms with Crippen LogP contribution in [0.5, 0.6) is 0 Å². The van der Waals surface area contributed by atoms with Crippen LogP contribution < -0.4 is 5.73 Å². The lowest BCUT2D eigenvalue weighted by atomic mass is 10.1. The van der Waals surface area contributed by atoms with Crippen molar-refractivity contribution in [2.24, 2.45) is 5.73 Å². The van der Waals surface area contributed by atoms with Gasteiger partial charge in [-0.2, -0.15) is 0 Å². The fourth-order valence-electron chi connectivity index (χ4n) is 2.37. The highest BCUT2D eigenvalue weighted by Gasteiger charge is 2.21. The normalized spacial score (nSPS) is 12.0. The van der Waals surface area contributed by atoms with Gasteiger partial charge in [-0.15, -0.1) is 0 Å². The smallest absolute Gasteiger partial charge is 0.235 e. The molecule has 1 amide bonds. The second kappa shape index (κ2) is 6.71. The maximum Gasteiger partial charge on any atom is 0.235 e. The Morgan fingerprint density at radius 2 is 1.96 bits per heavy atom. The van der Waals surface area contributed by atoms with E-state index >= 15 is 0 Å². The second-order valence-electron chi connectivity index (χ2n) is 5.23. The third kappa shape index (κ3) is 3.46. The van der Waals surface area contributed by atoms with E-state index in [0.29, 0.717) is 0 Å².